The van der Waals surface area contributed by atoms with E-state index in [2.05, 4.69) is 5.32 Å². The number of amides is 1. The highest BCUT2D eigenvalue weighted by molar-refractivity contribution is 7.10. The van der Waals surface area contributed by atoms with Gasteiger partial charge < -0.3 is 10.1 Å². The molecule has 6 heteroatoms. The lowest BCUT2D eigenvalue weighted by Gasteiger charge is -2.18. The fraction of sp³-hybridized carbons (Fsp3) is 0.130. The van der Waals surface area contributed by atoms with Crippen molar-refractivity contribution in [3.8, 4) is 0 Å². The van der Waals surface area contributed by atoms with Crippen LogP contribution >= 0.6 is 11.3 Å². The second kappa shape index (κ2) is 9.80. The third-order valence-corrected chi connectivity index (χ3v) is 5.11. The van der Waals surface area contributed by atoms with Gasteiger partial charge in [0.1, 0.15) is 5.82 Å². The van der Waals surface area contributed by atoms with Gasteiger partial charge in [-0.25, -0.2) is 9.18 Å². The van der Waals surface area contributed by atoms with Crippen LogP contribution in [0.1, 0.15) is 27.6 Å². The standard InChI is InChI=1S/C23H20FNO3S/c1-16-4-6-17(7-5-16)8-13-22(27)28-15-21(26)25-23(20-3-2-14-29-20)18-9-11-19(24)12-10-18/h2-14,23H,15H2,1H3,(H,25,26)/b13-8+/t23-/m1/s1. The Kier molecular flexibility index (Phi) is 6.92. The predicted octanol–water partition coefficient (Wildman–Crippen LogP) is 4.66. The van der Waals surface area contributed by atoms with Crippen molar-refractivity contribution in [3.05, 3.63) is 99.5 Å². The van der Waals surface area contributed by atoms with Gasteiger partial charge in [-0.3, -0.25) is 4.79 Å². The number of nitrogens with one attached hydrogen (secondary N) is 1. The Morgan fingerprint density at radius 2 is 1.83 bits per heavy atom. The van der Waals surface area contributed by atoms with Gasteiger partial charge in [0.2, 0.25) is 0 Å². The van der Waals surface area contributed by atoms with E-state index in [-0.39, 0.29) is 5.82 Å². The molecule has 1 aromatic heterocycles. The van der Waals surface area contributed by atoms with Crippen LogP contribution in [0, 0.1) is 12.7 Å². The molecule has 0 aliphatic heterocycles. The smallest absolute Gasteiger partial charge is 0.331 e. The third-order valence-electron chi connectivity index (χ3n) is 4.17. The van der Waals surface area contributed by atoms with Gasteiger partial charge in [0.25, 0.3) is 5.91 Å². The molecule has 29 heavy (non-hydrogen) atoms. The van der Waals surface area contributed by atoms with Crippen molar-refractivity contribution < 1.29 is 18.7 Å². The SMILES string of the molecule is Cc1ccc(/C=C/C(=O)OCC(=O)N[C@H](c2ccc(F)cc2)c2cccs2)cc1. The number of carbonyl (C=O) groups excluding carboxylic acids is 2. The van der Waals surface area contributed by atoms with Crippen LogP contribution in [0.3, 0.4) is 0 Å². The maximum Gasteiger partial charge on any atom is 0.331 e. The van der Waals surface area contributed by atoms with Crippen LogP contribution in [0.25, 0.3) is 6.08 Å². The molecule has 0 aliphatic carbocycles. The highest BCUT2D eigenvalue weighted by Crippen LogP contribution is 2.26. The second-order valence-corrected chi connectivity index (χ2v) is 7.40. The van der Waals surface area contributed by atoms with E-state index in [1.54, 1.807) is 18.2 Å². The van der Waals surface area contributed by atoms with E-state index in [1.807, 2.05) is 48.7 Å². The van der Waals surface area contributed by atoms with E-state index in [1.165, 1.54) is 29.5 Å². The van der Waals surface area contributed by atoms with Crippen LogP contribution < -0.4 is 5.32 Å². The van der Waals surface area contributed by atoms with Gasteiger partial charge in [-0.15, -0.1) is 11.3 Å². The second-order valence-electron chi connectivity index (χ2n) is 6.42. The van der Waals surface area contributed by atoms with Gasteiger partial charge in [-0.05, 0) is 47.7 Å². The van der Waals surface area contributed by atoms with Crippen LogP contribution in [0.4, 0.5) is 4.39 Å². The van der Waals surface area contributed by atoms with E-state index in [9.17, 15) is 14.0 Å². The van der Waals surface area contributed by atoms with Gasteiger partial charge >= 0.3 is 5.97 Å². The molecule has 0 saturated carbocycles. The van der Waals surface area contributed by atoms with Crippen LogP contribution in [0.2, 0.25) is 0 Å². The zero-order chi connectivity index (χ0) is 20.6. The highest BCUT2D eigenvalue weighted by atomic mass is 32.1. The molecule has 2 aromatic carbocycles. The lowest BCUT2D eigenvalue weighted by Crippen LogP contribution is -2.32. The number of aryl methyl sites for hydroxylation is 1. The predicted molar refractivity (Wildman–Crippen MR) is 112 cm³/mol. The molecule has 0 bridgehead atoms. The number of halogens is 1. The van der Waals surface area contributed by atoms with Crippen molar-refractivity contribution in [2.45, 2.75) is 13.0 Å². The number of esters is 1. The van der Waals surface area contributed by atoms with E-state index >= 15 is 0 Å². The largest absolute Gasteiger partial charge is 0.452 e. The maximum absolute atomic E-state index is 13.2. The average molecular weight is 409 g/mol. The normalized spacial score (nSPS) is 11.9. The molecule has 1 amide bonds. The van der Waals surface area contributed by atoms with E-state index in [0.717, 1.165) is 21.6 Å². The van der Waals surface area contributed by atoms with Crippen LogP contribution in [0.15, 0.2) is 72.1 Å². The Morgan fingerprint density at radius 3 is 2.48 bits per heavy atom. The summed E-state index contributed by atoms with van der Waals surface area (Å²) in [4.78, 5) is 25.1. The van der Waals surface area contributed by atoms with Gasteiger partial charge in [0, 0.05) is 11.0 Å². The quantitative estimate of drug-likeness (QED) is 0.456. The van der Waals surface area contributed by atoms with Gasteiger partial charge in [0.15, 0.2) is 6.61 Å². The minimum absolute atomic E-state index is 0.348. The summed E-state index contributed by atoms with van der Waals surface area (Å²) < 4.78 is 18.3. The molecule has 1 atom stereocenters. The van der Waals surface area contributed by atoms with Crippen molar-refractivity contribution in [1.29, 1.82) is 0 Å². The minimum Gasteiger partial charge on any atom is -0.452 e. The molecule has 1 N–H and O–H groups in total. The van der Waals surface area contributed by atoms with Crippen molar-refractivity contribution in [1.82, 2.24) is 5.32 Å². The van der Waals surface area contributed by atoms with Gasteiger partial charge in [-0.2, -0.15) is 0 Å². The molecule has 0 radical (unpaired) electrons. The van der Waals surface area contributed by atoms with Crippen molar-refractivity contribution in [2.24, 2.45) is 0 Å². The molecule has 0 spiro atoms. The first-order valence-corrected chi connectivity index (χ1v) is 9.89. The summed E-state index contributed by atoms with van der Waals surface area (Å²) in [7, 11) is 0. The molecule has 0 fully saturated rings. The first-order valence-electron chi connectivity index (χ1n) is 9.01. The Bertz CT molecular complexity index is 980. The Balaban J connectivity index is 1.58. The van der Waals surface area contributed by atoms with Crippen LogP contribution in [0.5, 0.6) is 0 Å². The molecular weight excluding hydrogens is 389 g/mol. The van der Waals surface area contributed by atoms with Gasteiger partial charge in [0.05, 0.1) is 6.04 Å². The summed E-state index contributed by atoms with van der Waals surface area (Å²) in [6.45, 7) is 1.58. The number of hydrogen-bond donors (Lipinski definition) is 1. The monoisotopic (exact) mass is 409 g/mol. The third kappa shape index (κ3) is 6.12. The molecule has 0 saturated heterocycles. The Hall–Kier alpha value is -3.25. The topological polar surface area (TPSA) is 55.4 Å². The summed E-state index contributed by atoms with van der Waals surface area (Å²) in [6, 6.07) is 16.9. The summed E-state index contributed by atoms with van der Waals surface area (Å²) in [5, 5.41) is 4.74. The molecule has 4 nitrogen and oxygen atoms in total. The molecule has 3 aromatic rings. The van der Waals surface area contributed by atoms with Gasteiger partial charge in [-0.1, -0.05) is 48.0 Å². The Morgan fingerprint density at radius 1 is 1.10 bits per heavy atom. The van der Waals surface area contributed by atoms with E-state index < -0.39 is 24.5 Å². The minimum atomic E-state index is -0.602. The van der Waals surface area contributed by atoms with Crippen LogP contribution in [-0.2, 0) is 14.3 Å². The molecule has 3 rings (SSSR count). The summed E-state index contributed by atoms with van der Waals surface area (Å²) in [5.74, 6) is -1.39. The first-order chi connectivity index (χ1) is 14.0. The lowest BCUT2D eigenvalue weighted by atomic mass is 10.1. The first kappa shape index (κ1) is 20.5. The number of hydrogen-bond acceptors (Lipinski definition) is 4. The van der Waals surface area contributed by atoms with E-state index in [0.29, 0.717) is 0 Å². The van der Waals surface area contributed by atoms with Crippen molar-refractivity contribution in [2.75, 3.05) is 6.61 Å². The zero-order valence-corrected chi connectivity index (χ0v) is 16.6. The maximum atomic E-state index is 13.2. The van der Waals surface area contributed by atoms with Crippen molar-refractivity contribution >= 4 is 29.3 Å². The molecule has 0 unspecified atom stereocenters. The summed E-state index contributed by atoms with van der Waals surface area (Å²) in [5.41, 5.74) is 2.74. The Labute approximate surface area is 172 Å². The number of carbonyl (C=O) groups is 2. The lowest BCUT2D eigenvalue weighted by molar-refractivity contribution is -0.143. The number of rotatable bonds is 7. The highest BCUT2D eigenvalue weighted by Gasteiger charge is 2.18. The molecule has 0 aliphatic rings. The summed E-state index contributed by atoms with van der Waals surface area (Å²) >= 11 is 1.48. The van der Waals surface area contributed by atoms with Crippen LogP contribution in [-0.4, -0.2) is 18.5 Å². The number of benzene rings is 2. The van der Waals surface area contributed by atoms with Crippen molar-refractivity contribution in [3.63, 3.8) is 0 Å². The van der Waals surface area contributed by atoms with E-state index in [4.69, 9.17) is 4.74 Å². The average Bonchev–Trinajstić information content (AvgIpc) is 3.25. The fourth-order valence-electron chi connectivity index (χ4n) is 2.66. The zero-order valence-electron chi connectivity index (χ0n) is 15.8. The summed E-state index contributed by atoms with van der Waals surface area (Å²) in [6.07, 6.45) is 2.92. The fourth-order valence-corrected chi connectivity index (χ4v) is 3.46. The molecule has 148 valence electrons. The molecule has 1 heterocycles. The molecular formula is C23H20FNO3S. The number of thiophene rings is 1. The number of ether oxygens (including phenoxy) is 1.